The molecule has 24 heavy (non-hydrogen) atoms. The van der Waals surface area contributed by atoms with E-state index in [4.69, 9.17) is 4.74 Å². The molecule has 0 spiro atoms. The number of pyridine rings is 1. The molecule has 0 unspecified atom stereocenters. The van der Waals surface area contributed by atoms with Crippen LogP contribution in [0.15, 0.2) is 42.6 Å². The number of rotatable bonds is 3. The molecule has 2 heterocycles. The number of ether oxygens (including phenoxy) is 1. The second-order valence-corrected chi connectivity index (χ2v) is 5.44. The number of likely N-dealkylation sites (N-methyl/N-ethyl adjacent to an activating group) is 1. The number of carbonyl (C=O) groups is 2. The maximum atomic E-state index is 13.8. The predicted molar refractivity (Wildman–Crippen MR) is 86.3 cm³/mol. The number of nitrogens with one attached hydrogen (secondary N) is 1. The molecule has 0 saturated heterocycles. The van der Waals surface area contributed by atoms with Crippen LogP contribution < -0.4 is 15.0 Å². The number of carbonyl (C=O) groups excluding carboxylic acids is 2. The molecule has 1 aliphatic rings. The Labute approximate surface area is 138 Å². The Morgan fingerprint density at radius 1 is 1.33 bits per heavy atom. The molecule has 2 amide bonds. The van der Waals surface area contributed by atoms with Crippen LogP contribution in [0.4, 0.5) is 15.9 Å². The summed E-state index contributed by atoms with van der Waals surface area (Å²) in [7, 11) is 0. The van der Waals surface area contributed by atoms with Crippen molar-refractivity contribution in [3.05, 3.63) is 48.4 Å². The van der Waals surface area contributed by atoms with Gasteiger partial charge in [0.2, 0.25) is 0 Å². The first-order valence-electron chi connectivity index (χ1n) is 7.49. The lowest BCUT2D eigenvalue weighted by Crippen LogP contribution is -2.61. The smallest absolute Gasteiger partial charge is 0.282 e. The van der Waals surface area contributed by atoms with Crippen LogP contribution in [-0.2, 0) is 9.59 Å². The highest BCUT2D eigenvalue weighted by Crippen LogP contribution is 2.36. The number of nitrogens with zero attached hydrogens (tertiary/aromatic N) is 2. The fourth-order valence-corrected chi connectivity index (χ4v) is 2.52. The Bertz CT molecular complexity index is 811. The summed E-state index contributed by atoms with van der Waals surface area (Å²) in [6.45, 7) is 3.47. The van der Waals surface area contributed by atoms with Crippen molar-refractivity contribution in [3.63, 3.8) is 0 Å². The third kappa shape index (κ3) is 2.47. The standard InChI is InChI=1S/C17H16FN3O3/c1-3-21-14-13(9-6-10-19-14)24-17(2,16(21)23)15(22)20-12-8-5-4-7-11(12)18/h4-10H,3H2,1-2H3,(H,20,22)/t17-/m1/s1. The van der Waals surface area contributed by atoms with Crippen molar-refractivity contribution >= 4 is 23.3 Å². The molecule has 0 fully saturated rings. The predicted octanol–water partition coefficient (Wildman–Crippen LogP) is 2.36. The van der Waals surface area contributed by atoms with Crippen LogP contribution >= 0.6 is 0 Å². The molecule has 1 atom stereocenters. The molecule has 3 rings (SSSR count). The molecule has 0 saturated carbocycles. The Morgan fingerprint density at radius 2 is 2.08 bits per heavy atom. The van der Waals surface area contributed by atoms with E-state index in [1.165, 1.54) is 30.0 Å². The van der Waals surface area contributed by atoms with Gasteiger partial charge in [-0.25, -0.2) is 9.37 Å². The van der Waals surface area contributed by atoms with E-state index in [1.54, 1.807) is 31.3 Å². The van der Waals surface area contributed by atoms with E-state index in [2.05, 4.69) is 10.3 Å². The van der Waals surface area contributed by atoms with Gasteiger partial charge >= 0.3 is 0 Å². The summed E-state index contributed by atoms with van der Waals surface area (Å²) >= 11 is 0. The third-order valence-electron chi connectivity index (χ3n) is 3.85. The van der Waals surface area contributed by atoms with Gasteiger partial charge in [-0.15, -0.1) is 0 Å². The maximum absolute atomic E-state index is 13.8. The lowest BCUT2D eigenvalue weighted by atomic mass is 10.0. The lowest BCUT2D eigenvalue weighted by molar-refractivity contribution is -0.145. The van der Waals surface area contributed by atoms with E-state index in [1.807, 2.05) is 0 Å². The fourth-order valence-electron chi connectivity index (χ4n) is 2.52. The first-order valence-corrected chi connectivity index (χ1v) is 7.49. The van der Waals surface area contributed by atoms with Gasteiger partial charge in [0.05, 0.1) is 5.69 Å². The molecule has 0 bridgehead atoms. The number of halogens is 1. The molecule has 7 heteroatoms. The summed E-state index contributed by atoms with van der Waals surface area (Å²) in [5.41, 5.74) is -1.82. The van der Waals surface area contributed by atoms with Gasteiger partial charge in [-0.1, -0.05) is 12.1 Å². The Kier molecular flexibility index (Phi) is 3.92. The molecule has 1 aromatic carbocycles. The quantitative estimate of drug-likeness (QED) is 0.878. The number of fused-ring (bicyclic) bond motifs is 1. The summed E-state index contributed by atoms with van der Waals surface area (Å²) in [5, 5.41) is 2.42. The van der Waals surface area contributed by atoms with Gasteiger partial charge in [0.15, 0.2) is 11.6 Å². The van der Waals surface area contributed by atoms with Gasteiger partial charge in [0.25, 0.3) is 17.4 Å². The molecule has 1 N–H and O–H groups in total. The normalized spacial score (nSPS) is 19.5. The van der Waals surface area contributed by atoms with E-state index in [-0.39, 0.29) is 5.69 Å². The van der Waals surface area contributed by atoms with Crippen molar-refractivity contribution in [1.82, 2.24) is 4.98 Å². The first kappa shape index (κ1) is 15.9. The molecular weight excluding hydrogens is 313 g/mol. The van der Waals surface area contributed by atoms with Crippen molar-refractivity contribution in [3.8, 4) is 5.75 Å². The number of para-hydroxylation sites is 1. The summed E-state index contributed by atoms with van der Waals surface area (Å²) in [4.78, 5) is 30.9. The number of hydrogen-bond donors (Lipinski definition) is 1. The fraction of sp³-hybridized carbons (Fsp3) is 0.235. The number of hydrogen-bond acceptors (Lipinski definition) is 4. The van der Waals surface area contributed by atoms with Crippen LogP contribution in [0.3, 0.4) is 0 Å². The minimum Gasteiger partial charge on any atom is -0.464 e. The van der Waals surface area contributed by atoms with E-state index >= 15 is 0 Å². The number of anilines is 2. The minimum atomic E-state index is -1.81. The highest BCUT2D eigenvalue weighted by molar-refractivity contribution is 6.19. The monoisotopic (exact) mass is 329 g/mol. The van der Waals surface area contributed by atoms with Crippen LogP contribution in [0.1, 0.15) is 13.8 Å². The Hall–Kier alpha value is -2.96. The highest BCUT2D eigenvalue weighted by atomic mass is 19.1. The summed E-state index contributed by atoms with van der Waals surface area (Å²) in [6, 6.07) is 9.01. The van der Waals surface area contributed by atoms with Crippen molar-refractivity contribution in [2.45, 2.75) is 19.4 Å². The van der Waals surface area contributed by atoms with Gasteiger partial charge in [-0.2, -0.15) is 0 Å². The van der Waals surface area contributed by atoms with Crippen molar-refractivity contribution < 1.29 is 18.7 Å². The molecule has 124 valence electrons. The van der Waals surface area contributed by atoms with Crippen molar-refractivity contribution in [2.24, 2.45) is 0 Å². The Balaban J connectivity index is 1.96. The van der Waals surface area contributed by atoms with Gasteiger partial charge in [-0.05, 0) is 38.1 Å². The number of amides is 2. The molecule has 1 aromatic heterocycles. The van der Waals surface area contributed by atoms with Crippen LogP contribution in [0.2, 0.25) is 0 Å². The van der Waals surface area contributed by atoms with E-state index in [0.29, 0.717) is 18.1 Å². The molecule has 0 aliphatic carbocycles. The average Bonchev–Trinajstić information content (AvgIpc) is 2.58. The summed E-state index contributed by atoms with van der Waals surface area (Å²) < 4.78 is 19.4. The highest BCUT2D eigenvalue weighted by Gasteiger charge is 2.51. The zero-order valence-corrected chi connectivity index (χ0v) is 13.2. The van der Waals surface area contributed by atoms with Gasteiger partial charge in [-0.3, -0.25) is 14.5 Å². The van der Waals surface area contributed by atoms with Crippen molar-refractivity contribution in [2.75, 3.05) is 16.8 Å². The molecule has 1 aliphatic heterocycles. The minimum absolute atomic E-state index is 0.0137. The molecule has 0 radical (unpaired) electrons. The molecule has 6 nitrogen and oxygen atoms in total. The first-order chi connectivity index (χ1) is 11.5. The van der Waals surface area contributed by atoms with Crippen LogP contribution in [0.25, 0.3) is 0 Å². The third-order valence-corrected chi connectivity index (χ3v) is 3.85. The lowest BCUT2D eigenvalue weighted by Gasteiger charge is -2.38. The van der Waals surface area contributed by atoms with Gasteiger partial charge < -0.3 is 10.1 Å². The SMILES string of the molecule is CCN1C(=O)[C@@](C)(C(=O)Nc2ccccc2F)Oc2cccnc21. The Morgan fingerprint density at radius 3 is 2.79 bits per heavy atom. The maximum Gasteiger partial charge on any atom is 0.282 e. The molecule has 2 aromatic rings. The zero-order chi connectivity index (χ0) is 17.3. The molecular formula is C17H16FN3O3. The number of benzene rings is 1. The largest absolute Gasteiger partial charge is 0.464 e. The summed E-state index contributed by atoms with van der Waals surface area (Å²) in [6.07, 6.45) is 1.54. The van der Waals surface area contributed by atoms with Crippen LogP contribution in [-0.4, -0.2) is 28.9 Å². The average molecular weight is 329 g/mol. The van der Waals surface area contributed by atoms with E-state index in [0.717, 1.165) is 0 Å². The van der Waals surface area contributed by atoms with Crippen LogP contribution in [0.5, 0.6) is 5.75 Å². The number of aromatic nitrogens is 1. The van der Waals surface area contributed by atoms with Gasteiger partial charge in [0.1, 0.15) is 5.82 Å². The van der Waals surface area contributed by atoms with E-state index in [9.17, 15) is 14.0 Å². The summed E-state index contributed by atoms with van der Waals surface area (Å²) in [5.74, 6) is -1.20. The second-order valence-electron chi connectivity index (χ2n) is 5.44. The van der Waals surface area contributed by atoms with Crippen LogP contribution in [0, 0.1) is 5.82 Å². The van der Waals surface area contributed by atoms with Crippen molar-refractivity contribution in [1.29, 1.82) is 0 Å². The van der Waals surface area contributed by atoms with Gasteiger partial charge in [0, 0.05) is 12.7 Å². The zero-order valence-electron chi connectivity index (χ0n) is 13.2. The second kappa shape index (κ2) is 5.92. The topological polar surface area (TPSA) is 71.5 Å². The van der Waals surface area contributed by atoms with E-state index < -0.39 is 23.2 Å².